The molecule has 3 rings (SSSR count). The molecule has 1 aromatic carbocycles. The number of aryl methyl sites for hydroxylation is 1. The summed E-state index contributed by atoms with van der Waals surface area (Å²) in [5.41, 5.74) is 1.79. The van der Waals surface area contributed by atoms with Gasteiger partial charge in [0, 0.05) is 12.6 Å². The van der Waals surface area contributed by atoms with Crippen LogP contribution in [0.4, 0.5) is 0 Å². The van der Waals surface area contributed by atoms with E-state index in [0.29, 0.717) is 5.56 Å². The second kappa shape index (κ2) is 7.22. The largest absolute Gasteiger partial charge is 0.508 e. The highest BCUT2D eigenvalue weighted by molar-refractivity contribution is 5.94. The molecule has 1 unspecified atom stereocenters. The van der Waals surface area contributed by atoms with Crippen LogP contribution in [-0.2, 0) is 6.42 Å². The number of hydrogen-bond acceptors (Lipinski definition) is 4. The normalized spacial score (nSPS) is 17.9. The first-order chi connectivity index (χ1) is 11.2. The summed E-state index contributed by atoms with van der Waals surface area (Å²) in [6.45, 7) is 0.807. The molecule has 1 amide bonds. The minimum atomic E-state index is 0.0512. The Bertz CT molecular complexity index is 643. The maximum absolute atomic E-state index is 12.7. The maximum Gasteiger partial charge on any atom is 0.255 e. The third-order valence-corrected chi connectivity index (χ3v) is 4.42. The van der Waals surface area contributed by atoms with Gasteiger partial charge in [-0.05, 0) is 55.9 Å². The number of amides is 1. The van der Waals surface area contributed by atoms with E-state index in [-0.39, 0.29) is 17.7 Å². The van der Waals surface area contributed by atoms with Crippen LogP contribution in [0.3, 0.4) is 0 Å². The molecule has 1 fully saturated rings. The minimum Gasteiger partial charge on any atom is -0.508 e. The molecule has 1 aliphatic heterocycles. The quantitative estimate of drug-likeness (QED) is 0.943. The Kier molecular flexibility index (Phi) is 4.86. The SMILES string of the molecule is O=C(c1ccnnc1)N1CCCCC1CCc1ccc(O)cc1. The number of phenols is 1. The van der Waals surface area contributed by atoms with Crippen LogP contribution in [0.2, 0.25) is 0 Å². The second-order valence-electron chi connectivity index (χ2n) is 5.98. The van der Waals surface area contributed by atoms with Crippen LogP contribution in [0.1, 0.15) is 41.6 Å². The van der Waals surface area contributed by atoms with Gasteiger partial charge in [0.1, 0.15) is 5.75 Å². The van der Waals surface area contributed by atoms with Gasteiger partial charge >= 0.3 is 0 Å². The summed E-state index contributed by atoms with van der Waals surface area (Å²) >= 11 is 0. The van der Waals surface area contributed by atoms with Crippen LogP contribution in [0.25, 0.3) is 0 Å². The highest BCUT2D eigenvalue weighted by Gasteiger charge is 2.27. The van der Waals surface area contributed by atoms with E-state index in [9.17, 15) is 9.90 Å². The molecule has 0 spiro atoms. The zero-order chi connectivity index (χ0) is 16.1. The number of hydrogen-bond donors (Lipinski definition) is 1. The average molecular weight is 311 g/mol. The lowest BCUT2D eigenvalue weighted by Crippen LogP contribution is -2.44. The predicted molar refractivity (Wildman–Crippen MR) is 87.1 cm³/mol. The zero-order valence-electron chi connectivity index (χ0n) is 13.1. The molecule has 1 saturated heterocycles. The van der Waals surface area contributed by atoms with Crippen molar-refractivity contribution in [3.05, 3.63) is 53.9 Å². The summed E-state index contributed by atoms with van der Waals surface area (Å²) < 4.78 is 0. The van der Waals surface area contributed by atoms with Crippen molar-refractivity contribution >= 4 is 5.91 Å². The number of benzene rings is 1. The Hall–Kier alpha value is -2.43. The number of rotatable bonds is 4. The van der Waals surface area contributed by atoms with E-state index in [1.54, 1.807) is 24.4 Å². The van der Waals surface area contributed by atoms with E-state index in [1.807, 2.05) is 17.0 Å². The van der Waals surface area contributed by atoms with Crippen LogP contribution in [-0.4, -0.2) is 38.7 Å². The Morgan fingerprint density at radius 1 is 1.17 bits per heavy atom. The smallest absolute Gasteiger partial charge is 0.255 e. The number of nitrogens with zero attached hydrogens (tertiary/aromatic N) is 3. The number of carbonyl (C=O) groups excluding carboxylic acids is 1. The van der Waals surface area contributed by atoms with Crippen molar-refractivity contribution in [1.82, 2.24) is 15.1 Å². The molecule has 0 radical (unpaired) electrons. The van der Waals surface area contributed by atoms with Crippen molar-refractivity contribution in [2.45, 2.75) is 38.1 Å². The average Bonchev–Trinajstić information content (AvgIpc) is 2.62. The van der Waals surface area contributed by atoms with Crippen LogP contribution in [0.5, 0.6) is 5.75 Å². The molecule has 5 heteroatoms. The molecule has 1 aromatic heterocycles. The standard InChI is InChI=1S/C18H21N3O2/c22-17-8-5-14(6-9-17)4-7-16-3-1-2-12-21(16)18(23)15-10-11-19-20-13-15/h5-6,8-11,13,16,22H,1-4,7,12H2. The highest BCUT2D eigenvalue weighted by Crippen LogP contribution is 2.23. The fourth-order valence-electron chi connectivity index (χ4n) is 3.15. The lowest BCUT2D eigenvalue weighted by molar-refractivity contribution is 0.0601. The molecular weight excluding hydrogens is 290 g/mol. The number of aromatic hydroxyl groups is 1. The minimum absolute atomic E-state index is 0.0512. The lowest BCUT2D eigenvalue weighted by Gasteiger charge is -2.36. The van der Waals surface area contributed by atoms with Crippen molar-refractivity contribution in [2.24, 2.45) is 0 Å². The van der Waals surface area contributed by atoms with Gasteiger partial charge in [0.2, 0.25) is 0 Å². The molecule has 2 heterocycles. The van der Waals surface area contributed by atoms with Crippen molar-refractivity contribution in [2.75, 3.05) is 6.54 Å². The Morgan fingerprint density at radius 3 is 2.74 bits per heavy atom. The van der Waals surface area contributed by atoms with E-state index in [1.165, 1.54) is 18.2 Å². The summed E-state index contributed by atoms with van der Waals surface area (Å²) in [6.07, 6.45) is 8.20. The molecular formula is C18H21N3O2. The molecule has 120 valence electrons. The van der Waals surface area contributed by atoms with Gasteiger partial charge in [-0.2, -0.15) is 10.2 Å². The Morgan fingerprint density at radius 2 is 2.00 bits per heavy atom. The number of likely N-dealkylation sites (tertiary alicyclic amines) is 1. The maximum atomic E-state index is 12.7. The van der Waals surface area contributed by atoms with Crippen molar-refractivity contribution in [3.63, 3.8) is 0 Å². The number of carbonyl (C=O) groups is 1. The van der Waals surface area contributed by atoms with E-state index in [4.69, 9.17) is 0 Å². The number of piperidine rings is 1. The number of aromatic nitrogens is 2. The molecule has 2 aromatic rings. The molecule has 0 aliphatic carbocycles. The first kappa shape index (κ1) is 15.5. The molecule has 1 atom stereocenters. The van der Waals surface area contributed by atoms with Gasteiger partial charge in [-0.15, -0.1) is 0 Å². The summed E-state index contributed by atoms with van der Waals surface area (Å²) in [4.78, 5) is 14.7. The molecule has 0 saturated carbocycles. The summed E-state index contributed by atoms with van der Waals surface area (Å²) in [6, 6.07) is 9.29. The van der Waals surface area contributed by atoms with Crippen molar-refractivity contribution < 1.29 is 9.90 Å². The monoisotopic (exact) mass is 311 g/mol. The third kappa shape index (κ3) is 3.86. The predicted octanol–water partition coefficient (Wildman–Crippen LogP) is 2.81. The molecule has 0 bridgehead atoms. The molecule has 1 aliphatic rings. The second-order valence-corrected chi connectivity index (χ2v) is 5.98. The van der Waals surface area contributed by atoms with Gasteiger partial charge in [-0.25, -0.2) is 0 Å². The zero-order valence-corrected chi connectivity index (χ0v) is 13.1. The fraction of sp³-hybridized carbons (Fsp3) is 0.389. The Labute approximate surface area is 136 Å². The van der Waals surface area contributed by atoms with Gasteiger partial charge < -0.3 is 10.0 Å². The van der Waals surface area contributed by atoms with E-state index in [2.05, 4.69) is 10.2 Å². The van der Waals surface area contributed by atoms with Crippen LogP contribution in [0.15, 0.2) is 42.7 Å². The first-order valence-electron chi connectivity index (χ1n) is 8.09. The van der Waals surface area contributed by atoms with E-state index < -0.39 is 0 Å². The van der Waals surface area contributed by atoms with Gasteiger partial charge in [0.25, 0.3) is 5.91 Å². The van der Waals surface area contributed by atoms with Crippen LogP contribution < -0.4 is 0 Å². The summed E-state index contributed by atoms with van der Waals surface area (Å²) in [5, 5.41) is 16.9. The Balaban J connectivity index is 1.66. The van der Waals surface area contributed by atoms with Crippen molar-refractivity contribution in [1.29, 1.82) is 0 Å². The fourth-order valence-corrected chi connectivity index (χ4v) is 3.15. The first-order valence-corrected chi connectivity index (χ1v) is 8.09. The highest BCUT2D eigenvalue weighted by atomic mass is 16.3. The van der Waals surface area contributed by atoms with Gasteiger partial charge in [-0.3, -0.25) is 4.79 Å². The number of phenolic OH excluding ortho intramolecular Hbond substituents is 1. The molecule has 1 N–H and O–H groups in total. The summed E-state index contributed by atoms with van der Waals surface area (Å²) in [7, 11) is 0. The lowest BCUT2D eigenvalue weighted by atomic mass is 9.95. The van der Waals surface area contributed by atoms with E-state index in [0.717, 1.165) is 32.2 Å². The topological polar surface area (TPSA) is 66.3 Å². The third-order valence-electron chi connectivity index (χ3n) is 4.42. The molecule has 5 nitrogen and oxygen atoms in total. The van der Waals surface area contributed by atoms with Crippen molar-refractivity contribution in [3.8, 4) is 5.75 Å². The van der Waals surface area contributed by atoms with Gasteiger partial charge in [0.05, 0.1) is 18.0 Å². The van der Waals surface area contributed by atoms with Gasteiger partial charge in [-0.1, -0.05) is 12.1 Å². The molecule has 23 heavy (non-hydrogen) atoms. The summed E-state index contributed by atoms with van der Waals surface area (Å²) in [5.74, 6) is 0.337. The van der Waals surface area contributed by atoms with Gasteiger partial charge in [0.15, 0.2) is 0 Å². The van der Waals surface area contributed by atoms with Crippen LogP contribution >= 0.6 is 0 Å². The van der Waals surface area contributed by atoms with E-state index >= 15 is 0 Å². The van der Waals surface area contributed by atoms with Crippen LogP contribution in [0, 0.1) is 0 Å².